The lowest BCUT2D eigenvalue weighted by atomic mass is 9.84. The van der Waals surface area contributed by atoms with Crippen molar-refractivity contribution in [2.45, 2.75) is 44.8 Å². The van der Waals surface area contributed by atoms with E-state index in [2.05, 4.69) is 21.0 Å². The number of hydrogen-bond donors (Lipinski definition) is 1. The smallest absolute Gasteiger partial charge is 0.131 e. The molecule has 3 aromatic heterocycles. The van der Waals surface area contributed by atoms with E-state index in [4.69, 9.17) is 14.5 Å². The Balaban J connectivity index is 1.11. The van der Waals surface area contributed by atoms with Crippen molar-refractivity contribution < 1.29 is 14.6 Å². The molecule has 1 saturated heterocycles. The van der Waals surface area contributed by atoms with E-state index in [-0.39, 0.29) is 6.10 Å². The largest absolute Gasteiger partial charge is 0.457 e. The molecule has 6 rings (SSSR count). The Morgan fingerprint density at radius 3 is 2.81 bits per heavy atom. The highest BCUT2D eigenvalue weighted by atomic mass is 32.1. The topological polar surface area (TPSA) is 85.5 Å². The summed E-state index contributed by atoms with van der Waals surface area (Å²) in [7, 11) is 0. The number of nitrogens with zero attached hydrogens (tertiary/aromatic N) is 5. The molecule has 1 saturated carbocycles. The van der Waals surface area contributed by atoms with Crippen molar-refractivity contribution in [3.63, 3.8) is 0 Å². The third-order valence-corrected chi connectivity index (χ3v) is 8.40. The fraction of sp³-hybridized carbons (Fsp3) is 0.464. The van der Waals surface area contributed by atoms with Crippen molar-refractivity contribution in [1.29, 1.82) is 0 Å². The van der Waals surface area contributed by atoms with Crippen molar-refractivity contribution in [3.05, 3.63) is 53.9 Å². The first-order valence-corrected chi connectivity index (χ1v) is 14.1. The van der Waals surface area contributed by atoms with Gasteiger partial charge in [0.25, 0.3) is 0 Å². The molecule has 4 heterocycles. The van der Waals surface area contributed by atoms with E-state index < -0.39 is 0 Å². The molecule has 1 aliphatic carbocycles. The molecule has 1 aliphatic heterocycles. The molecule has 0 unspecified atom stereocenters. The van der Waals surface area contributed by atoms with Crippen LogP contribution in [0.2, 0.25) is 0 Å². The predicted molar refractivity (Wildman–Crippen MR) is 144 cm³/mol. The Morgan fingerprint density at radius 1 is 1.05 bits per heavy atom. The van der Waals surface area contributed by atoms with Crippen LogP contribution in [0.4, 0.5) is 0 Å². The number of hydrogen-bond acceptors (Lipinski definition) is 8. The van der Waals surface area contributed by atoms with Crippen molar-refractivity contribution in [3.8, 4) is 22.8 Å². The number of fused-ring (bicyclic) bond motifs is 1. The summed E-state index contributed by atoms with van der Waals surface area (Å²) in [5, 5.41) is 16.0. The van der Waals surface area contributed by atoms with Gasteiger partial charge in [-0.15, -0.1) is 11.3 Å². The Bertz CT molecular complexity index is 1330. The molecule has 0 bridgehead atoms. The highest BCUT2D eigenvalue weighted by Gasteiger charge is 2.24. The molecule has 8 nitrogen and oxygen atoms in total. The van der Waals surface area contributed by atoms with Crippen molar-refractivity contribution in [2.75, 3.05) is 32.8 Å². The van der Waals surface area contributed by atoms with Crippen LogP contribution in [0.1, 0.15) is 30.7 Å². The first kappa shape index (κ1) is 24.5. The number of benzene rings is 1. The van der Waals surface area contributed by atoms with Crippen LogP contribution in [-0.2, 0) is 17.7 Å². The number of pyridine rings is 1. The fourth-order valence-electron chi connectivity index (χ4n) is 5.21. The summed E-state index contributed by atoms with van der Waals surface area (Å²) in [5.74, 6) is 1.84. The van der Waals surface area contributed by atoms with E-state index in [0.717, 1.165) is 103 Å². The van der Waals surface area contributed by atoms with Gasteiger partial charge in [0.1, 0.15) is 11.5 Å². The Morgan fingerprint density at radius 2 is 1.92 bits per heavy atom. The summed E-state index contributed by atoms with van der Waals surface area (Å²) in [5.41, 5.74) is 2.79. The molecule has 37 heavy (non-hydrogen) atoms. The highest BCUT2D eigenvalue weighted by Crippen LogP contribution is 2.33. The monoisotopic (exact) mass is 519 g/mol. The first-order valence-electron chi connectivity index (χ1n) is 13.2. The molecule has 0 radical (unpaired) electrons. The quantitative estimate of drug-likeness (QED) is 0.359. The standard InChI is InChI=1S/C28H33N5O3S/c34-26-4-2-1-3-20(26)15-28-31-24-6-5-22(17-27(24)37-28)36-23-7-8-29-25(16-23)21-18-30-33(19-21)10-9-32-11-13-35-14-12-32/h5-8,16-20,26,34H,1-4,9-15H2/t20-,26+/m0/s1. The van der Waals surface area contributed by atoms with Crippen molar-refractivity contribution in [1.82, 2.24) is 24.6 Å². The summed E-state index contributed by atoms with van der Waals surface area (Å²) in [6.45, 7) is 5.38. The van der Waals surface area contributed by atoms with Crippen LogP contribution in [-0.4, -0.2) is 68.7 Å². The Labute approximate surface area is 220 Å². The van der Waals surface area contributed by atoms with Gasteiger partial charge in [-0.1, -0.05) is 12.8 Å². The second-order valence-corrected chi connectivity index (χ2v) is 11.1. The first-order chi connectivity index (χ1) is 18.2. The zero-order valence-corrected chi connectivity index (χ0v) is 21.8. The molecule has 0 spiro atoms. The van der Waals surface area contributed by atoms with Crippen molar-refractivity contribution >= 4 is 21.6 Å². The molecular weight excluding hydrogens is 486 g/mol. The molecule has 9 heteroatoms. The van der Waals surface area contributed by atoms with Crippen molar-refractivity contribution in [2.24, 2.45) is 5.92 Å². The lowest BCUT2D eigenvalue weighted by molar-refractivity contribution is 0.0360. The number of morpholine rings is 1. The Hall–Kier alpha value is -2.85. The zero-order chi connectivity index (χ0) is 25.0. The maximum atomic E-state index is 10.3. The van der Waals surface area contributed by atoms with Crippen LogP contribution < -0.4 is 4.74 Å². The number of aliphatic hydroxyl groups is 1. The van der Waals surface area contributed by atoms with E-state index >= 15 is 0 Å². The lowest BCUT2D eigenvalue weighted by Gasteiger charge is -2.26. The van der Waals surface area contributed by atoms with Gasteiger partial charge < -0.3 is 14.6 Å². The summed E-state index contributed by atoms with van der Waals surface area (Å²) >= 11 is 1.70. The van der Waals surface area contributed by atoms with Crippen LogP contribution in [0.5, 0.6) is 11.5 Å². The molecule has 194 valence electrons. The molecule has 4 aromatic rings. The van der Waals surface area contributed by atoms with Crippen LogP contribution in [0.3, 0.4) is 0 Å². The molecular formula is C28H33N5O3S. The van der Waals surface area contributed by atoms with Crippen LogP contribution in [0.15, 0.2) is 48.9 Å². The second kappa shape index (κ2) is 11.3. The minimum absolute atomic E-state index is 0.197. The summed E-state index contributed by atoms with van der Waals surface area (Å²) in [4.78, 5) is 11.8. The second-order valence-electron chi connectivity index (χ2n) is 9.98. The van der Waals surface area contributed by atoms with Gasteiger partial charge in [-0.3, -0.25) is 14.6 Å². The lowest BCUT2D eigenvalue weighted by Crippen LogP contribution is -2.38. The van der Waals surface area contributed by atoms with E-state index in [1.54, 1.807) is 17.5 Å². The van der Waals surface area contributed by atoms with Gasteiger partial charge >= 0.3 is 0 Å². The van der Waals surface area contributed by atoms with E-state index in [1.165, 1.54) is 6.42 Å². The molecule has 2 fully saturated rings. The van der Waals surface area contributed by atoms with Gasteiger partial charge in [0.05, 0.1) is 53.0 Å². The van der Waals surface area contributed by atoms with E-state index in [0.29, 0.717) is 5.92 Å². The normalized spacial score (nSPS) is 20.9. The summed E-state index contributed by atoms with van der Waals surface area (Å²) in [6, 6.07) is 9.86. The fourth-order valence-corrected chi connectivity index (χ4v) is 6.30. The van der Waals surface area contributed by atoms with E-state index in [9.17, 15) is 5.11 Å². The maximum Gasteiger partial charge on any atom is 0.131 e. The third kappa shape index (κ3) is 6.01. The summed E-state index contributed by atoms with van der Waals surface area (Å²) < 4.78 is 14.7. The van der Waals surface area contributed by atoms with Gasteiger partial charge in [0, 0.05) is 56.1 Å². The number of ether oxygens (including phenoxy) is 2. The molecule has 0 amide bonds. The average molecular weight is 520 g/mol. The van der Waals surface area contributed by atoms with Gasteiger partial charge in [-0.2, -0.15) is 5.10 Å². The summed E-state index contributed by atoms with van der Waals surface area (Å²) in [6.07, 6.45) is 10.7. The zero-order valence-electron chi connectivity index (χ0n) is 21.0. The average Bonchev–Trinajstić information content (AvgIpc) is 3.56. The minimum Gasteiger partial charge on any atom is -0.457 e. The highest BCUT2D eigenvalue weighted by molar-refractivity contribution is 7.18. The van der Waals surface area contributed by atoms with E-state index in [1.807, 2.05) is 41.3 Å². The molecule has 2 aliphatic rings. The van der Waals surface area contributed by atoms with Gasteiger partial charge in [-0.05, 0) is 37.0 Å². The third-order valence-electron chi connectivity index (χ3n) is 7.36. The molecule has 1 N–H and O–H groups in total. The van der Waals surface area contributed by atoms with Gasteiger partial charge in [0.2, 0.25) is 0 Å². The van der Waals surface area contributed by atoms with Crippen LogP contribution >= 0.6 is 11.3 Å². The number of aliphatic hydroxyl groups excluding tert-OH is 1. The minimum atomic E-state index is -0.197. The SMILES string of the molecule is O[C@@H]1CCCC[C@H]1Cc1nc2ccc(Oc3ccnc(-c4cnn(CCN5CCOCC5)c4)c3)cc2s1. The van der Waals surface area contributed by atoms with Crippen LogP contribution in [0, 0.1) is 5.92 Å². The Kier molecular flexibility index (Phi) is 7.45. The molecule has 2 atom stereocenters. The maximum absolute atomic E-state index is 10.3. The van der Waals surface area contributed by atoms with Crippen LogP contribution in [0.25, 0.3) is 21.5 Å². The number of aromatic nitrogens is 4. The van der Waals surface area contributed by atoms with Gasteiger partial charge in [-0.25, -0.2) is 4.98 Å². The number of thiazole rings is 1. The predicted octanol–water partition coefficient (Wildman–Crippen LogP) is 4.77. The number of rotatable bonds is 8. The van der Waals surface area contributed by atoms with Gasteiger partial charge in [0.15, 0.2) is 0 Å². The molecule has 1 aromatic carbocycles.